The molecule has 1 N–H and O–H groups in total. The topological polar surface area (TPSA) is 96.6 Å². The Bertz CT molecular complexity index is 1030. The van der Waals surface area contributed by atoms with Crippen LogP contribution < -0.4 is 4.90 Å². The fraction of sp³-hybridized carbons (Fsp3) is 0.278. The number of fused-ring (bicyclic) bond motifs is 1. The van der Waals surface area contributed by atoms with Crippen molar-refractivity contribution < 1.29 is 4.52 Å². The van der Waals surface area contributed by atoms with Crippen molar-refractivity contribution in [2.75, 3.05) is 18.0 Å². The Kier molecular flexibility index (Phi) is 3.59. The highest BCUT2D eigenvalue weighted by Gasteiger charge is 2.16. The fourth-order valence-corrected chi connectivity index (χ4v) is 3.32. The smallest absolute Gasteiger partial charge is 0.260 e. The molecular weight excluding hydrogens is 330 g/mol. The zero-order valence-electron chi connectivity index (χ0n) is 14.1. The maximum absolute atomic E-state index is 5.45. The molecule has 0 radical (unpaired) electrons. The van der Waals surface area contributed by atoms with E-state index in [0.29, 0.717) is 17.2 Å². The number of para-hydroxylation sites is 1. The minimum absolute atomic E-state index is 0.416. The highest BCUT2D eigenvalue weighted by atomic mass is 16.5. The third kappa shape index (κ3) is 2.59. The summed E-state index contributed by atoms with van der Waals surface area (Å²) < 4.78 is 5.45. The van der Waals surface area contributed by atoms with Gasteiger partial charge in [-0.1, -0.05) is 11.2 Å². The average Bonchev–Trinajstić information content (AvgIpc) is 3.38. The van der Waals surface area contributed by atoms with Crippen molar-refractivity contribution in [1.29, 1.82) is 0 Å². The number of aromatic nitrogens is 6. The van der Waals surface area contributed by atoms with Crippen LogP contribution in [0, 0.1) is 0 Å². The van der Waals surface area contributed by atoms with E-state index in [4.69, 9.17) is 4.52 Å². The molecule has 0 aliphatic carbocycles. The van der Waals surface area contributed by atoms with E-state index in [1.54, 1.807) is 6.20 Å². The lowest BCUT2D eigenvalue weighted by atomic mass is 10.1. The van der Waals surface area contributed by atoms with Crippen LogP contribution in [-0.4, -0.2) is 43.6 Å². The molecule has 0 bridgehead atoms. The van der Waals surface area contributed by atoms with Gasteiger partial charge >= 0.3 is 0 Å². The number of hydrogen-bond acceptors (Lipinski definition) is 7. The van der Waals surface area contributed by atoms with Crippen LogP contribution in [0.5, 0.6) is 0 Å². The Morgan fingerprint density at radius 3 is 2.77 bits per heavy atom. The van der Waals surface area contributed by atoms with Crippen molar-refractivity contribution >= 4 is 16.9 Å². The predicted molar refractivity (Wildman–Crippen MR) is 96.5 cm³/mol. The first-order chi connectivity index (χ1) is 12.9. The summed E-state index contributed by atoms with van der Waals surface area (Å²) in [7, 11) is 0. The third-order valence-electron chi connectivity index (χ3n) is 4.69. The fourth-order valence-electron chi connectivity index (χ4n) is 3.32. The van der Waals surface area contributed by atoms with Crippen molar-refractivity contribution in [2.45, 2.75) is 19.3 Å². The Labute approximate surface area is 149 Å². The normalized spacial score (nSPS) is 14.8. The van der Waals surface area contributed by atoms with Crippen molar-refractivity contribution in [3.63, 3.8) is 0 Å². The number of benzene rings is 1. The Balaban J connectivity index is 1.44. The van der Waals surface area contributed by atoms with Crippen molar-refractivity contribution in [1.82, 2.24) is 30.5 Å². The van der Waals surface area contributed by atoms with E-state index in [0.717, 1.165) is 35.6 Å². The van der Waals surface area contributed by atoms with Gasteiger partial charge in [-0.05, 0) is 43.5 Å². The summed E-state index contributed by atoms with van der Waals surface area (Å²) in [5, 5.41) is 15.0. The summed E-state index contributed by atoms with van der Waals surface area (Å²) in [5.41, 5.74) is 3.05. The highest BCUT2D eigenvalue weighted by molar-refractivity contribution is 5.88. The van der Waals surface area contributed by atoms with E-state index in [-0.39, 0.29) is 0 Å². The molecule has 0 unspecified atom stereocenters. The van der Waals surface area contributed by atoms with Gasteiger partial charge in [0, 0.05) is 24.8 Å². The first-order valence-electron chi connectivity index (χ1n) is 8.73. The van der Waals surface area contributed by atoms with Crippen molar-refractivity contribution in [2.24, 2.45) is 0 Å². The van der Waals surface area contributed by atoms with Gasteiger partial charge in [0.25, 0.3) is 5.89 Å². The molecule has 1 fully saturated rings. The number of hydrogen-bond donors (Lipinski definition) is 1. The SMILES string of the molecule is c1cc(-c2nc(-c3ccc(N4CCCCC4)nc3)no2)c2n[nH]nc2c1. The van der Waals surface area contributed by atoms with E-state index in [1.165, 1.54) is 19.3 Å². The molecule has 1 aliphatic heterocycles. The van der Waals surface area contributed by atoms with Gasteiger partial charge < -0.3 is 9.42 Å². The zero-order valence-corrected chi connectivity index (χ0v) is 14.1. The van der Waals surface area contributed by atoms with E-state index in [1.807, 2.05) is 30.3 Å². The molecule has 5 rings (SSSR count). The molecule has 0 amide bonds. The van der Waals surface area contributed by atoms with Crippen LogP contribution in [0.3, 0.4) is 0 Å². The van der Waals surface area contributed by atoms with E-state index < -0.39 is 0 Å². The van der Waals surface area contributed by atoms with Crippen molar-refractivity contribution in [3.8, 4) is 22.8 Å². The molecule has 1 saturated heterocycles. The lowest BCUT2D eigenvalue weighted by molar-refractivity contribution is 0.432. The molecular formula is C18H17N7O. The first kappa shape index (κ1) is 15.0. The summed E-state index contributed by atoms with van der Waals surface area (Å²) in [5.74, 6) is 1.93. The minimum atomic E-state index is 0.416. The summed E-state index contributed by atoms with van der Waals surface area (Å²) >= 11 is 0. The second-order valence-corrected chi connectivity index (χ2v) is 6.37. The maximum atomic E-state index is 5.45. The number of nitrogens with one attached hydrogen (secondary N) is 1. The van der Waals surface area contributed by atoms with Gasteiger partial charge in [0.1, 0.15) is 16.9 Å². The predicted octanol–water partition coefficient (Wildman–Crippen LogP) is 3.06. The zero-order chi connectivity index (χ0) is 17.3. The lowest BCUT2D eigenvalue weighted by Crippen LogP contribution is -2.29. The second kappa shape index (κ2) is 6.21. The number of anilines is 1. The molecule has 130 valence electrons. The average molecular weight is 347 g/mol. The van der Waals surface area contributed by atoms with E-state index in [2.05, 4.69) is 35.4 Å². The first-order valence-corrected chi connectivity index (χ1v) is 8.73. The molecule has 8 nitrogen and oxygen atoms in total. The monoisotopic (exact) mass is 347 g/mol. The number of aromatic amines is 1. The van der Waals surface area contributed by atoms with Gasteiger partial charge in [-0.25, -0.2) is 4.98 Å². The molecule has 3 aromatic heterocycles. The van der Waals surface area contributed by atoms with Crippen LogP contribution in [-0.2, 0) is 0 Å². The molecule has 26 heavy (non-hydrogen) atoms. The third-order valence-corrected chi connectivity index (χ3v) is 4.69. The highest BCUT2D eigenvalue weighted by Crippen LogP contribution is 2.27. The van der Waals surface area contributed by atoms with E-state index >= 15 is 0 Å². The maximum Gasteiger partial charge on any atom is 0.260 e. The Morgan fingerprint density at radius 2 is 1.92 bits per heavy atom. The standard InChI is InChI=1S/C18H17N7O/c1-2-9-25(10-3-1)15-8-7-12(11-19-15)17-20-18(26-23-17)13-5-4-6-14-16(13)22-24-21-14/h4-8,11H,1-3,9-10H2,(H,21,22,24). The number of H-pyrrole nitrogens is 1. The van der Waals surface area contributed by atoms with Gasteiger partial charge in [-0.15, -0.1) is 0 Å². The summed E-state index contributed by atoms with van der Waals surface area (Å²) in [6.45, 7) is 2.14. The Morgan fingerprint density at radius 1 is 1.00 bits per heavy atom. The summed E-state index contributed by atoms with van der Waals surface area (Å²) in [4.78, 5) is 11.4. The van der Waals surface area contributed by atoms with Gasteiger partial charge in [-0.2, -0.15) is 20.4 Å². The molecule has 1 aromatic carbocycles. The second-order valence-electron chi connectivity index (χ2n) is 6.37. The van der Waals surface area contributed by atoms with Crippen LogP contribution in [0.4, 0.5) is 5.82 Å². The van der Waals surface area contributed by atoms with Crippen molar-refractivity contribution in [3.05, 3.63) is 36.5 Å². The number of piperidine rings is 1. The summed E-state index contributed by atoms with van der Waals surface area (Å²) in [6, 6.07) is 9.67. The number of nitrogens with zero attached hydrogens (tertiary/aromatic N) is 6. The number of rotatable bonds is 3. The van der Waals surface area contributed by atoms with Crippen LogP contribution in [0.25, 0.3) is 33.9 Å². The van der Waals surface area contributed by atoms with Gasteiger partial charge in [0.05, 0.1) is 5.56 Å². The lowest BCUT2D eigenvalue weighted by Gasteiger charge is -2.27. The molecule has 4 aromatic rings. The molecule has 8 heteroatoms. The van der Waals surface area contributed by atoms with Crippen LogP contribution in [0.1, 0.15) is 19.3 Å². The Hall–Kier alpha value is -3.29. The largest absolute Gasteiger partial charge is 0.357 e. The molecule has 4 heterocycles. The van der Waals surface area contributed by atoms with Crippen LogP contribution >= 0.6 is 0 Å². The van der Waals surface area contributed by atoms with Crippen LogP contribution in [0.2, 0.25) is 0 Å². The van der Waals surface area contributed by atoms with Gasteiger partial charge in [0.15, 0.2) is 0 Å². The summed E-state index contributed by atoms with van der Waals surface area (Å²) in [6.07, 6.45) is 5.56. The van der Waals surface area contributed by atoms with E-state index in [9.17, 15) is 0 Å². The number of pyridine rings is 1. The minimum Gasteiger partial charge on any atom is -0.357 e. The molecule has 1 aliphatic rings. The van der Waals surface area contributed by atoms with Gasteiger partial charge in [0.2, 0.25) is 5.82 Å². The molecule has 0 saturated carbocycles. The molecule has 0 spiro atoms. The van der Waals surface area contributed by atoms with Crippen LogP contribution in [0.15, 0.2) is 41.1 Å². The quantitative estimate of drug-likeness (QED) is 0.608. The molecule has 0 atom stereocenters. The van der Waals surface area contributed by atoms with Gasteiger partial charge in [-0.3, -0.25) is 0 Å².